The van der Waals surface area contributed by atoms with Crippen LogP contribution in [-0.2, 0) is 44.9 Å². The molecule has 1 amide bonds. The number of aliphatic hydroxyl groups is 1. The highest BCUT2D eigenvalue weighted by atomic mass is 19.3. The highest BCUT2D eigenvalue weighted by Crippen LogP contribution is 2.52. The van der Waals surface area contributed by atoms with Crippen LogP contribution in [0.2, 0.25) is 0 Å². The summed E-state index contributed by atoms with van der Waals surface area (Å²) in [5, 5.41) is 13.5. The Morgan fingerprint density at radius 3 is 2.09 bits per heavy atom. The molecule has 0 bridgehead atoms. The van der Waals surface area contributed by atoms with Crippen LogP contribution >= 0.6 is 0 Å². The van der Waals surface area contributed by atoms with Gasteiger partial charge in [0.2, 0.25) is 5.91 Å². The van der Waals surface area contributed by atoms with Crippen LogP contribution in [0, 0.1) is 5.82 Å². The van der Waals surface area contributed by atoms with Gasteiger partial charge in [0, 0.05) is 33.4 Å². The molecule has 1 unspecified atom stereocenters. The van der Waals surface area contributed by atoms with E-state index in [-0.39, 0.29) is 23.7 Å². The van der Waals surface area contributed by atoms with Crippen LogP contribution in [0.3, 0.4) is 0 Å². The molecule has 4 aromatic carbocycles. The van der Waals surface area contributed by atoms with Crippen molar-refractivity contribution in [2.75, 3.05) is 5.32 Å². The van der Waals surface area contributed by atoms with E-state index in [0.717, 1.165) is 16.8 Å². The maximum Gasteiger partial charge on any atom is 0.586 e. The quantitative estimate of drug-likeness (QED) is 0.169. The van der Waals surface area contributed by atoms with Gasteiger partial charge < -0.3 is 33.9 Å². The van der Waals surface area contributed by atoms with Gasteiger partial charge in [-0.3, -0.25) is 4.79 Å². The smallest absolute Gasteiger partial charge is 0.395 e. The molecule has 2 N–H and O–H groups in total. The fourth-order valence-electron chi connectivity index (χ4n) is 7.01. The number of nitrogens with zero attached hydrogens (tertiary/aromatic N) is 1. The number of fused-ring (bicyclic) bond motifs is 2. The first-order valence-corrected chi connectivity index (χ1v) is 18.5. The number of aliphatic hydroxyl groups excluding tert-OH is 1. The summed E-state index contributed by atoms with van der Waals surface area (Å²) in [6.07, 6.45) is -3.89. The molecule has 0 spiro atoms. The van der Waals surface area contributed by atoms with E-state index in [9.17, 15) is 18.7 Å². The van der Waals surface area contributed by atoms with Gasteiger partial charge in [0.05, 0.1) is 42.5 Å². The zero-order chi connectivity index (χ0) is 39.4. The van der Waals surface area contributed by atoms with Crippen LogP contribution in [0.4, 0.5) is 18.9 Å². The van der Waals surface area contributed by atoms with Gasteiger partial charge >= 0.3 is 6.29 Å². The van der Waals surface area contributed by atoms with Crippen LogP contribution in [0.5, 0.6) is 11.5 Å². The summed E-state index contributed by atoms with van der Waals surface area (Å²) < 4.78 is 67.5. The number of halogens is 3. The normalized spacial score (nSPS) is 16.5. The number of anilines is 1. The Labute approximate surface area is 322 Å². The summed E-state index contributed by atoms with van der Waals surface area (Å²) in [5.74, 6) is -1.40. The predicted octanol–water partition coefficient (Wildman–Crippen LogP) is 3.68. The monoisotopic (exact) mass is 748 g/mol. The second-order valence-corrected chi connectivity index (χ2v) is 16.2. The van der Waals surface area contributed by atoms with E-state index < -0.39 is 45.8 Å². The number of hydrogen-bond donors (Lipinski definition) is 2. The first-order chi connectivity index (χ1) is 25.9. The van der Waals surface area contributed by atoms with E-state index >= 15 is 4.39 Å². The molecular formula is C40H43B4F3N2O6. The minimum Gasteiger partial charge on any atom is -0.395 e. The van der Waals surface area contributed by atoms with E-state index in [1.165, 1.54) is 18.2 Å². The first kappa shape index (κ1) is 38.7. The molecule has 282 valence electrons. The average molecular weight is 748 g/mol. The summed E-state index contributed by atoms with van der Waals surface area (Å²) >= 11 is 0. The van der Waals surface area contributed by atoms with Crippen LogP contribution < -0.4 is 14.8 Å². The molecule has 0 saturated heterocycles. The summed E-state index contributed by atoms with van der Waals surface area (Å²) in [5.41, 5.74) is 2.03. The molecule has 7 rings (SSSR count). The van der Waals surface area contributed by atoms with E-state index in [1.54, 1.807) is 12.1 Å². The fourth-order valence-corrected chi connectivity index (χ4v) is 7.01. The van der Waals surface area contributed by atoms with Crippen molar-refractivity contribution in [3.05, 3.63) is 125 Å². The lowest BCUT2D eigenvalue weighted by Crippen LogP contribution is -2.53. The Balaban J connectivity index is 1.20. The molecular weight excluding hydrogens is 705 g/mol. The second-order valence-electron chi connectivity index (χ2n) is 16.2. The van der Waals surface area contributed by atoms with E-state index in [4.69, 9.17) is 9.47 Å². The number of aromatic nitrogens is 1. The fraction of sp³-hybridized carbons (Fsp3) is 0.325. The SMILES string of the molecule is BC(B)(OCc1ccccc1)C(O)Cn1c(C(C)(C)C(B)(B)OCc2ccccc2)cc2cc(NC(=O)C3(c4ccc5c(c4)OC(F)(F)O5)CC3)c(F)cc21. The topological polar surface area (TPSA) is 91.2 Å². The minimum absolute atomic E-state index is 0.0239. The molecule has 15 heteroatoms. The molecule has 55 heavy (non-hydrogen) atoms. The molecule has 2 aliphatic rings. The number of benzene rings is 4. The number of ether oxygens (including phenoxy) is 4. The van der Waals surface area contributed by atoms with Crippen molar-refractivity contribution in [3.8, 4) is 11.5 Å². The molecule has 1 atom stereocenters. The standard InChI is InChI=1S/C40H43B4F3N2O6/c1-36(2,39(43,44)53-23-25-11-7-4-8-12-25)33-18-26-17-29(48-35(51)37(15-16-37)27-13-14-31-32(19-27)55-40(46,47)54-31)28(45)20-30(26)49(33)21-34(50)38(41,42)52-22-24-9-5-3-6-10-24/h3-14,17-20,34,50H,15-16,21-23,41-44H2,1-2H3,(H,48,51). The molecule has 0 radical (unpaired) electrons. The van der Waals surface area contributed by atoms with Crippen LogP contribution in [0.15, 0.2) is 97.1 Å². The lowest BCUT2D eigenvalue weighted by Gasteiger charge is -2.43. The number of carbonyl (C=O) groups excluding carboxylic acids is 1. The first-order valence-electron chi connectivity index (χ1n) is 18.5. The molecule has 1 saturated carbocycles. The van der Waals surface area contributed by atoms with Gasteiger partial charge in [0.1, 0.15) is 37.2 Å². The Morgan fingerprint density at radius 1 is 0.873 bits per heavy atom. The van der Waals surface area contributed by atoms with Gasteiger partial charge in [0.25, 0.3) is 0 Å². The van der Waals surface area contributed by atoms with Gasteiger partial charge in [0.15, 0.2) is 11.5 Å². The summed E-state index contributed by atoms with van der Waals surface area (Å²) in [7, 11) is 7.69. The van der Waals surface area contributed by atoms with Crippen LogP contribution in [-0.4, -0.2) is 70.2 Å². The summed E-state index contributed by atoms with van der Waals surface area (Å²) in [4.78, 5) is 13.8. The maximum absolute atomic E-state index is 16.2. The van der Waals surface area contributed by atoms with Crippen molar-refractivity contribution in [1.82, 2.24) is 4.57 Å². The number of amides is 1. The molecule has 1 fully saturated rings. The number of carbonyl (C=O) groups is 1. The Bertz CT molecular complexity index is 2220. The van der Waals surface area contributed by atoms with Crippen LogP contribution in [0.1, 0.15) is 49.1 Å². The van der Waals surface area contributed by atoms with Gasteiger partial charge in [-0.25, -0.2) is 4.39 Å². The van der Waals surface area contributed by atoms with Gasteiger partial charge in [-0.05, 0) is 53.8 Å². The number of hydrogen-bond acceptors (Lipinski definition) is 6. The van der Waals surface area contributed by atoms with Gasteiger partial charge in [-0.15, -0.1) is 8.78 Å². The number of rotatable bonds is 14. The van der Waals surface area contributed by atoms with Crippen LogP contribution in [0.25, 0.3) is 10.9 Å². The lowest BCUT2D eigenvalue weighted by atomic mass is 9.50. The number of alkyl halides is 2. The van der Waals surface area contributed by atoms with Crippen molar-refractivity contribution in [1.29, 1.82) is 0 Å². The van der Waals surface area contributed by atoms with Crippen molar-refractivity contribution < 1.29 is 42.0 Å². The Morgan fingerprint density at radius 2 is 1.47 bits per heavy atom. The molecule has 2 heterocycles. The Kier molecular flexibility index (Phi) is 9.97. The zero-order valence-electron chi connectivity index (χ0n) is 31.9. The number of nitrogens with one attached hydrogen (secondary N) is 1. The van der Waals surface area contributed by atoms with E-state index in [0.29, 0.717) is 42.5 Å². The van der Waals surface area contributed by atoms with Crippen molar-refractivity contribution in [2.45, 2.75) is 80.5 Å². The second kappa shape index (κ2) is 14.2. The highest BCUT2D eigenvalue weighted by molar-refractivity contribution is 6.40. The van der Waals surface area contributed by atoms with Gasteiger partial charge in [-0.1, -0.05) is 80.6 Å². The van der Waals surface area contributed by atoms with Gasteiger partial charge in [-0.2, -0.15) is 0 Å². The maximum atomic E-state index is 16.2. The third-order valence-corrected chi connectivity index (χ3v) is 11.6. The Hall–Kier alpha value is -4.58. The largest absolute Gasteiger partial charge is 0.586 e. The predicted molar refractivity (Wildman–Crippen MR) is 215 cm³/mol. The summed E-state index contributed by atoms with van der Waals surface area (Å²) in [6, 6.07) is 28.8. The van der Waals surface area contributed by atoms with Crippen molar-refractivity contribution >= 4 is 53.9 Å². The molecule has 1 aromatic heterocycles. The van der Waals surface area contributed by atoms with E-state index in [2.05, 4.69) is 28.6 Å². The third kappa shape index (κ3) is 7.66. The van der Waals surface area contributed by atoms with Crippen molar-refractivity contribution in [3.63, 3.8) is 0 Å². The zero-order valence-corrected chi connectivity index (χ0v) is 31.9. The van der Waals surface area contributed by atoms with E-state index in [1.807, 2.05) is 103 Å². The molecule has 1 aliphatic carbocycles. The minimum atomic E-state index is -3.79. The molecule has 5 aromatic rings. The summed E-state index contributed by atoms with van der Waals surface area (Å²) in [6.45, 7) is 4.87. The lowest BCUT2D eigenvalue weighted by molar-refractivity contribution is -0.286. The van der Waals surface area contributed by atoms with Crippen molar-refractivity contribution in [2.24, 2.45) is 0 Å². The third-order valence-electron chi connectivity index (χ3n) is 11.6. The average Bonchev–Trinajstić information content (AvgIpc) is 3.80. The molecule has 8 nitrogen and oxygen atoms in total. The highest BCUT2D eigenvalue weighted by Gasteiger charge is 2.53. The molecule has 1 aliphatic heterocycles.